The molecule has 0 aliphatic rings. The lowest BCUT2D eigenvalue weighted by molar-refractivity contribution is -0.0179. The van der Waals surface area contributed by atoms with Crippen LogP contribution in [-0.4, -0.2) is 69.5 Å². The smallest absolute Gasteiger partial charge is 0.264 e. The summed E-state index contributed by atoms with van der Waals surface area (Å²) in [6.45, 7) is 8.31. The number of thiophene rings is 1. The van der Waals surface area contributed by atoms with Crippen LogP contribution in [0.25, 0.3) is 0 Å². The molecule has 218 valence electrons. The number of aliphatic hydroxyl groups excluding tert-OH is 1. The van der Waals surface area contributed by atoms with Crippen LogP contribution in [0.2, 0.25) is 0 Å². The van der Waals surface area contributed by atoms with E-state index in [-0.39, 0.29) is 19.0 Å². The number of nitriles is 2. The van der Waals surface area contributed by atoms with E-state index in [9.17, 15) is 24.0 Å². The number of hydrogen-bond donors (Lipinski definition) is 2. The summed E-state index contributed by atoms with van der Waals surface area (Å²) >= 11 is 1.15. The van der Waals surface area contributed by atoms with Crippen molar-refractivity contribution in [3.63, 3.8) is 0 Å². The van der Waals surface area contributed by atoms with Gasteiger partial charge in [0.15, 0.2) is 5.00 Å². The molecule has 13 heteroatoms. The van der Waals surface area contributed by atoms with E-state index in [1.165, 1.54) is 0 Å². The summed E-state index contributed by atoms with van der Waals surface area (Å²) in [7, 11) is -3.89. The molecule has 2 rings (SSSR count). The van der Waals surface area contributed by atoms with E-state index in [1.807, 2.05) is 32.0 Å². The Labute approximate surface area is 240 Å². The first-order valence-corrected chi connectivity index (χ1v) is 15.5. The number of nitrogens with zero attached hydrogens (tertiary/aromatic N) is 5. The largest absolute Gasteiger partial charge is 0.388 e. The Bertz CT molecular complexity index is 1310. The van der Waals surface area contributed by atoms with Crippen LogP contribution in [0.4, 0.5) is 16.4 Å². The molecule has 1 aromatic heterocycles. The molecule has 1 aromatic carbocycles. The van der Waals surface area contributed by atoms with Crippen molar-refractivity contribution in [1.29, 1.82) is 10.5 Å². The number of hydrogen-bond acceptors (Lipinski definition) is 11. The molecular weight excluding hydrogens is 554 g/mol. The van der Waals surface area contributed by atoms with Gasteiger partial charge in [-0.3, -0.25) is 4.55 Å². The number of aliphatic hydroxyl groups is 1. The Kier molecular flexibility index (Phi) is 14.2. The molecule has 0 radical (unpaired) electrons. The van der Waals surface area contributed by atoms with Gasteiger partial charge in [0.1, 0.15) is 23.1 Å². The standard InChI is InChI=1S/C27H37N5O6S2/c1-4-32(11-13-38-19-23(33)18-37-12-7-5-6-8-14-40(34,35)36)22-9-10-25(20(2)15-22)30-31-27-24(16-28)21(3)26(17-29)39-27/h9-10,15,23,33H,4-8,11-14,18-19H2,1-3H3,(H,34,35,36). The minimum absolute atomic E-state index is 0.157. The van der Waals surface area contributed by atoms with Gasteiger partial charge in [0.25, 0.3) is 10.1 Å². The van der Waals surface area contributed by atoms with Crippen LogP contribution in [0, 0.1) is 36.5 Å². The molecule has 0 saturated heterocycles. The van der Waals surface area contributed by atoms with Crippen molar-refractivity contribution in [2.75, 3.05) is 50.2 Å². The fourth-order valence-corrected chi connectivity index (χ4v) is 5.27. The van der Waals surface area contributed by atoms with Gasteiger partial charge in [-0.2, -0.15) is 18.9 Å². The molecule has 0 fully saturated rings. The number of anilines is 1. The van der Waals surface area contributed by atoms with Crippen LogP contribution < -0.4 is 4.90 Å². The third-order valence-electron chi connectivity index (χ3n) is 6.08. The molecule has 0 saturated carbocycles. The Morgan fingerprint density at radius 3 is 2.38 bits per heavy atom. The second-order valence-electron chi connectivity index (χ2n) is 9.21. The highest BCUT2D eigenvalue weighted by molar-refractivity contribution is 7.85. The first-order valence-electron chi connectivity index (χ1n) is 13.1. The number of azo groups is 1. The van der Waals surface area contributed by atoms with Crippen LogP contribution in [0.5, 0.6) is 0 Å². The second-order valence-corrected chi connectivity index (χ2v) is 11.8. The molecule has 1 heterocycles. The molecule has 1 unspecified atom stereocenters. The summed E-state index contributed by atoms with van der Waals surface area (Å²) in [6.07, 6.45) is 1.92. The molecule has 0 aliphatic carbocycles. The zero-order chi connectivity index (χ0) is 29.5. The highest BCUT2D eigenvalue weighted by atomic mass is 32.2. The molecule has 0 aliphatic heterocycles. The zero-order valence-electron chi connectivity index (χ0n) is 23.2. The third kappa shape index (κ3) is 11.3. The summed E-state index contributed by atoms with van der Waals surface area (Å²) in [4.78, 5) is 2.61. The fraction of sp³-hybridized carbons (Fsp3) is 0.556. The Balaban J connectivity index is 1.74. The predicted molar refractivity (Wildman–Crippen MR) is 154 cm³/mol. The van der Waals surface area contributed by atoms with Crippen LogP contribution in [-0.2, 0) is 19.6 Å². The molecular formula is C27H37N5O6S2. The topological polar surface area (TPSA) is 169 Å². The van der Waals surface area contributed by atoms with Gasteiger partial charge in [-0.05, 0) is 62.9 Å². The van der Waals surface area contributed by atoms with Crippen LogP contribution in [0.15, 0.2) is 28.4 Å². The van der Waals surface area contributed by atoms with E-state index in [1.54, 1.807) is 6.92 Å². The van der Waals surface area contributed by atoms with E-state index < -0.39 is 16.2 Å². The molecule has 11 nitrogen and oxygen atoms in total. The monoisotopic (exact) mass is 591 g/mol. The Morgan fingerprint density at radius 1 is 1.05 bits per heavy atom. The molecule has 0 amide bonds. The quantitative estimate of drug-likeness (QED) is 0.134. The summed E-state index contributed by atoms with van der Waals surface area (Å²) in [6, 6.07) is 10.0. The van der Waals surface area contributed by atoms with E-state index >= 15 is 0 Å². The van der Waals surface area contributed by atoms with Gasteiger partial charge in [-0.15, -0.1) is 21.6 Å². The minimum atomic E-state index is -3.89. The number of unbranched alkanes of at least 4 members (excludes halogenated alkanes) is 3. The molecule has 2 aromatic rings. The first kappa shape index (κ1) is 33.3. The number of likely N-dealkylation sites (N-methyl/N-ethyl adjacent to an activating group) is 1. The van der Waals surface area contributed by atoms with Gasteiger partial charge in [0, 0.05) is 25.4 Å². The maximum absolute atomic E-state index is 10.7. The Morgan fingerprint density at radius 2 is 1.75 bits per heavy atom. The van der Waals surface area contributed by atoms with E-state index in [0.29, 0.717) is 59.3 Å². The van der Waals surface area contributed by atoms with Gasteiger partial charge < -0.3 is 19.5 Å². The van der Waals surface area contributed by atoms with Crippen LogP contribution in [0.1, 0.15) is 54.2 Å². The van der Waals surface area contributed by atoms with E-state index in [0.717, 1.165) is 42.0 Å². The highest BCUT2D eigenvalue weighted by Gasteiger charge is 2.15. The van der Waals surface area contributed by atoms with Gasteiger partial charge in [0.05, 0.1) is 36.8 Å². The van der Waals surface area contributed by atoms with Gasteiger partial charge >= 0.3 is 0 Å². The Hall–Kier alpha value is -2.91. The van der Waals surface area contributed by atoms with Crippen LogP contribution >= 0.6 is 11.3 Å². The number of aryl methyl sites for hydroxylation is 1. The fourth-order valence-electron chi connectivity index (χ4n) is 3.83. The third-order valence-corrected chi connectivity index (χ3v) is 7.97. The predicted octanol–water partition coefficient (Wildman–Crippen LogP) is 5.19. The molecule has 40 heavy (non-hydrogen) atoms. The number of ether oxygens (including phenoxy) is 2. The van der Waals surface area contributed by atoms with E-state index in [4.69, 9.17) is 14.0 Å². The van der Waals surface area contributed by atoms with Crippen molar-refractivity contribution in [3.8, 4) is 12.1 Å². The summed E-state index contributed by atoms with van der Waals surface area (Å²) in [5.74, 6) is -0.220. The van der Waals surface area contributed by atoms with Crippen molar-refractivity contribution in [3.05, 3.63) is 39.8 Å². The lowest BCUT2D eigenvalue weighted by atomic mass is 10.1. The molecule has 0 spiro atoms. The van der Waals surface area contributed by atoms with Crippen molar-refractivity contribution in [1.82, 2.24) is 0 Å². The first-order chi connectivity index (χ1) is 19.1. The SMILES string of the molecule is CCN(CCOCC(O)COCCCCCCS(=O)(=O)O)c1ccc(N=Nc2sc(C#N)c(C)c2C#N)c(C)c1. The van der Waals surface area contributed by atoms with Crippen molar-refractivity contribution < 1.29 is 27.6 Å². The molecule has 0 bridgehead atoms. The maximum Gasteiger partial charge on any atom is 0.264 e. The van der Waals surface area contributed by atoms with Crippen molar-refractivity contribution >= 4 is 37.8 Å². The normalized spacial score (nSPS) is 12.4. The number of benzene rings is 1. The minimum Gasteiger partial charge on any atom is -0.388 e. The molecule has 2 N–H and O–H groups in total. The van der Waals surface area contributed by atoms with Gasteiger partial charge in [-0.1, -0.05) is 12.8 Å². The van der Waals surface area contributed by atoms with E-state index in [2.05, 4.69) is 27.3 Å². The summed E-state index contributed by atoms with van der Waals surface area (Å²) in [5.41, 5.74) is 3.59. The lowest BCUT2D eigenvalue weighted by Gasteiger charge is -2.24. The lowest BCUT2D eigenvalue weighted by Crippen LogP contribution is -2.29. The van der Waals surface area contributed by atoms with Crippen LogP contribution in [0.3, 0.4) is 0 Å². The summed E-state index contributed by atoms with van der Waals surface area (Å²) in [5, 5.41) is 37.6. The zero-order valence-corrected chi connectivity index (χ0v) is 24.8. The summed E-state index contributed by atoms with van der Waals surface area (Å²) < 4.78 is 41.1. The van der Waals surface area contributed by atoms with Crippen molar-refractivity contribution in [2.45, 2.75) is 52.6 Å². The molecule has 1 atom stereocenters. The average Bonchev–Trinajstić information content (AvgIpc) is 3.23. The number of rotatable bonds is 18. The maximum atomic E-state index is 10.7. The highest BCUT2D eigenvalue weighted by Crippen LogP contribution is 2.36. The van der Waals surface area contributed by atoms with Crippen molar-refractivity contribution in [2.24, 2.45) is 10.2 Å². The van der Waals surface area contributed by atoms with Gasteiger partial charge in [0.2, 0.25) is 0 Å². The average molecular weight is 592 g/mol. The second kappa shape index (κ2) is 17.0. The van der Waals surface area contributed by atoms with Gasteiger partial charge in [-0.25, -0.2) is 0 Å².